The topological polar surface area (TPSA) is 84.2 Å². The Bertz CT molecular complexity index is 2280. The Kier molecular flexibility index (Phi) is 11.6. The summed E-state index contributed by atoms with van der Waals surface area (Å²) in [6.07, 6.45) is 8.08. The Labute approximate surface area is 334 Å². The van der Waals surface area contributed by atoms with Crippen molar-refractivity contribution < 1.29 is 9.47 Å². The highest BCUT2D eigenvalue weighted by atomic mass is 35.5. The molecule has 6 aromatic rings. The van der Waals surface area contributed by atoms with Crippen molar-refractivity contribution in [2.75, 3.05) is 0 Å². The summed E-state index contributed by atoms with van der Waals surface area (Å²) in [6.45, 7) is 3.93. The Hall–Kier alpha value is -4.46. The predicted octanol–water partition coefficient (Wildman–Crippen LogP) is 12.7. The molecule has 0 fully saturated rings. The molecule has 2 aliphatic carbocycles. The molecule has 2 N–H and O–H groups in total. The van der Waals surface area contributed by atoms with E-state index in [2.05, 4.69) is 9.97 Å². The lowest BCUT2D eigenvalue weighted by molar-refractivity contribution is 0.482. The number of hydrogen-bond acceptors (Lipinski definition) is 4. The second-order valence-electron chi connectivity index (χ2n) is 13.6. The van der Waals surface area contributed by atoms with Crippen LogP contribution in [0.3, 0.4) is 0 Å². The number of benzene rings is 4. The van der Waals surface area contributed by atoms with E-state index in [0.29, 0.717) is 43.1 Å². The van der Waals surface area contributed by atoms with Crippen molar-refractivity contribution in [3.63, 3.8) is 0 Å². The molecule has 276 valence electrons. The van der Waals surface area contributed by atoms with Gasteiger partial charge >= 0.3 is 0 Å². The Balaban J connectivity index is 0.000000167. The molecular weight excluding hydrogens is 762 g/mol. The van der Waals surface area contributed by atoms with Crippen LogP contribution < -0.4 is 20.3 Å². The molecule has 0 aliphatic heterocycles. The molecular formula is C44H38Cl4N2O4. The summed E-state index contributed by atoms with van der Waals surface area (Å²) >= 11 is 23.9. The number of hydrogen-bond donors (Lipinski definition) is 2. The number of aryl methyl sites for hydroxylation is 4. The smallest absolute Gasteiger partial charge is 0.193 e. The van der Waals surface area contributed by atoms with Crippen molar-refractivity contribution in [3.05, 3.63) is 159 Å². The van der Waals surface area contributed by atoms with Crippen molar-refractivity contribution in [3.8, 4) is 45.3 Å². The van der Waals surface area contributed by atoms with Gasteiger partial charge in [0.05, 0.1) is 20.1 Å². The van der Waals surface area contributed by atoms with Gasteiger partial charge in [0.25, 0.3) is 0 Å². The molecule has 6 nitrogen and oxygen atoms in total. The highest BCUT2D eigenvalue weighted by Gasteiger charge is 2.20. The van der Waals surface area contributed by atoms with Crippen molar-refractivity contribution in [2.24, 2.45) is 0 Å². The molecule has 4 aromatic carbocycles. The van der Waals surface area contributed by atoms with Gasteiger partial charge in [0.15, 0.2) is 10.9 Å². The molecule has 2 aliphatic rings. The third-order valence-corrected chi connectivity index (χ3v) is 11.4. The normalized spacial score (nSPS) is 13.3. The van der Waals surface area contributed by atoms with Gasteiger partial charge in [-0.05, 0) is 125 Å². The maximum absolute atomic E-state index is 13.0. The maximum atomic E-state index is 13.0. The first-order chi connectivity index (χ1) is 26.0. The molecule has 0 spiro atoms. The number of ether oxygens (including phenoxy) is 2. The summed E-state index contributed by atoms with van der Waals surface area (Å²) in [5, 5.41) is 1.87. The molecule has 8 rings (SSSR count). The van der Waals surface area contributed by atoms with Gasteiger partial charge in [0.1, 0.15) is 23.0 Å². The lowest BCUT2D eigenvalue weighted by Gasteiger charge is -2.18. The fraction of sp³-hybridized carbons (Fsp3) is 0.227. The molecule has 0 unspecified atom stereocenters. The van der Waals surface area contributed by atoms with Crippen LogP contribution in [0, 0.1) is 13.8 Å². The van der Waals surface area contributed by atoms with E-state index < -0.39 is 0 Å². The Morgan fingerprint density at radius 3 is 1.19 bits per heavy atom. The van der Waals surface area contributed by atoms with Crippen LogP contribution >= 0.6 is 46.4 Å². The van der Waals surface area contributed by atoms with E-state index in [-0.39, 0.29) is 10.9 Å². The predicted molar refractivity (Wildman–Crippen MR) is 221 cm³/mol. The average molecular weight is 801 g/mol. The zero-order valence-corrected chi connectivity index (χ0v) is 32.9. The zero-order chi connectivity index (χ0) is 37.9. The van der Waals surface area contributed by atoms with Crippen LogP contribution in [0.15, 0.2) is 94.5 Å². The molecule has 10 heteroatoms. The second kappa shape index (κ2) is 16.5. The van der Waals surface area contributed by atoms with Gasteiger partial charge in [-0.3, -0.25) is 9.59 Å². The quantitative estimate of drug-likeness (QED) is 0.176. The van der Waals surface area contributed by atoms with Crippen LogP contribution in [0.1, 0.15) is 59.6 Å². The van der Waals surface area contributed by atoms with Gasteiger partial charge in [-0.1, -0.05) is 70.7 Å². The molecule has 2 heterocycles. The first-order valence-corrected chi connectivity index (χ1v) is 19.5. The van der Waals surface area contributed by atoms with Gasteiger partial charge in [0.2, 0.25) is 0 Å². The zero-order valence-electron chi connectivity index (χ0n) is 29.9. The van der Waals surface area contributed by atoms with Gasteiger partial charge in [0, 0.05) is 57.2 Å². The standard InChI is InChI=1S/2C22H19Cl2NO2/c2*1-13-21(22(26)17-4-2-3-5-20(17)25-13)14-6-8-15(9-7-14)27-16-10-11-18(23)19(24)12-16/h2*6-12H,2-5H2,1H3,(H,25,26). The summed E-state index contributed by atoms with van der Waals surface area (Å²) in [6, 6.07) is 25.4. The minimum atomic E-state index is 0.152. The van der Waals surface area contributed by atoms with Crippen molar-refractivity contribution in [1.82, 2.24) is 9.97 Å². The number of halogens is 4. The minimum absolute atomic E-state index is 0.152. The maximum Gasteiger partial charge on any atom is 0.193 e. The average Bonchev–Trinajstić information content (AvgIpc) is 3.16. The molecule has 0 atom stereocenters. The van der Waals surface area contributed by atoms with Crippen LogP contribution in [0.2, 0.25) is 20.1 Å². The monoisotopic (exact) mass is 798 g/mol. The fourth-order valence-corrected chi connectivity index (χ4v) is 7.81. The highest BCUT2D eigenvalue weighted by Crippen LogP contribution is 2.33. The van der Waals surface area contributed by atoms with Crippen LogP contribution in [0.5, 0.6) is 23.0 Å². The number of nitrogens with one attached hydrogen (secondary N) is 2. The molecule has 0 amide bonds. The molecule has 0 bridgehead atoms. The largest absolute Gasteiger partial charge is 0.457 e. The lowest BCUT2D eigenvalue weighted by Crippen LogP contribution is -2.21. The van der Waals surface area contributed by atoms with Crippen molar-refractivity contribution in [2.45, 2.75) is 65.2 Å². The van der Waals surface area contributed by atoms with Gasteiger partial charge in [-0.2, -0.15) is 0 Å². The van der Waals surface area contributed by atoms with E-state index in [9.17, 15) is 9.59 Å². The van der Waals surface area contributed by atoms with Crippen LogP contribution in [-0.4, -0.2) is 9.97 Å². The molecule has 0 radical (unpaired) electrons. The molecule has 54 heavy (non-hydrogen) atoms. The van der Waals surface area contributed by atoms with Gasteiger partial charge < -0.3 is 19.4 Å². The Morgan fingerprint density at radius 1 is 0.463 bits per heavy atom. The van der Waals surface area contributed by atoms with E-state index in [1.807, 2.05) is 62.4 Å². The first-order valence-electron chi connectivity index (χ1n) is 18.0. The lowest BCUT2D eigenvalue weighted by atomic mass is 9.91. The summed E-state index contributed by atoms with van der Waals surface area (Å²) in [5.41, 5.74) is 9.51. The van der Waals surface area contributed by atoms with Crippen LogP contribution in [-0.2, 0) is 25.7 Å². The fourth-order valence-electron chi connectivity index (χ4n) is 7.24. The van der Waals surface area contributed by atoms with E-state index in [4.69, 9.17) is 55.9 Å². The van der Waals surface area contributed by atoms with Gasteiger partial charge in [-0.25, -0.2) is 0 Å². The van der Waals surface area contributed by atoms with Crippen molar-refractivity contribution >= 4 is 46.4 Å². The number of H-pyrrole nitrogens is 2. The molecule has 2 aromatic heterocycles. The summed E-state index contributed by atoms with van der Waals surface area (Å²) in [7, 11) is 0. The van der Waals surface area contributed by atoms with E-state index in [1.165, 1.54) is 0 Å². The minimum Gasteiger partial charge on any atom is -0.457 e. The summed E-state index contributed by atoms with van der Waals surface area (Å²) in [4.78, 5) is 32.9. The first kappa shape index (κ1) is 37.8. The van der Waals surface area contributed by atoms with E-state index in [1.54, 1.807) is 36.4 Å². The van der Waals surface area contributed by atoms with Gasteiger partial charge in [-0.15, -0.1) is 0 Å². The van der Waals surface area contributed by atoms with E-state index in [0.717, 1.165) is 108 Å². The Morgan fingerprint density at radius 2 is 0.815 bits per heavy atom. The van der Waals surface area contributed by atoms with Crippen molar-refractivity contribution in [1.29, 1.82) is 0 Å². The number of fused-ring (bicyclic) bond motifs is 2. The van der Waals surface area contributed by atoms with Crippen LogP contribution in [0.25, 0.3) is 22.3 Å². The SMILES string of the molecule is Cc1[nH]c2c(c(=O)c1-c1ccc(Oc3ccc(Cl)c(Cl)c3)cc1)CCCC2.Cc1[nH]c2c(c(=O)c1-c1ccc(Oc3ccc(Cl)c(Cl)c3)cc1)CCCC2. The number of pyridine rings is 2. The highest BCUT2D eigenvalue weighted by molar-refractivity contribution is 6.42. The third-order valence-electron chi connectivity index (χ3n) is 9.90. The molecule has 0 saturated heterocycles. The van der Waals surface area contributed by atoms with E-state index >= 15 is 0 Å². The summed E-state index contributed by atoms with van der Waals surface area (Å²) < 4.78 is 11.7. The third kappa shape index (κ3) is 8.28. The van der Waals surface area contributed by atoms with Crippen LogP contribution in [0.4, 0.5) is 0 Å². The number of rotatable bonds is 6. The summed E-state index contributed by atoms with van der Waals surface area (Å²) in [5.74, 6) is 2.56. The molecule has 0 saturated carbocycles. The number of aromatic nitrogens is 2. The number of aromatic amines is 2. The second-order valence-corrected chi connectivity index (χ2v) is 15.3.